The summed E-state index contributed by atoms with van der Waals surface area (Å²) in [6.45, 7) is 4.42. The first-order chi connectivity index (χ1) is 12.4. The average molecular weight is 352 g/mol. The number of nitrogens with zero attached hydrogens (tertiary/aromatic N) is 1. The van der Waals surface area contributed by atoms with Crippen molar-refractivity contribution in [2.75, 3.05) is 26.2 Å². The molecule has 0 radical (unpaired) electrons. The van der Waals surface area contributed by atoms with Gasteiger partial charge < -0.3 is 14.4 Å². The summed E-state index contributed by atoms with van der Waals surface area (Å²) in [4.78, 5) is 8.42. The number of hydrogen-bond donors (Lipinski definition) is 1. The zero-order valence-corrected chi connectivity index (χ0v) is 15.8. The molecule has 1 spiro atoms. The van der Waals surface area contributed by atoms with Gasteiger partial charge in [0.15, 0.2) is 5.72 Å². The predicted molar refractivity (Wildman–Crippen MR) is 102 cm³/mol. The SMILES string of the molecule is COc1ccc(C2=C[C@@]3(ON2)N(C)c2ccccc2C3(C)C)c(OC)c1. The van der Waals surface area contributed by atoms with Crippen LogP contribution < -0.4 is 19.9 Å². The number of fused-ring (bicyclic) bond motifs is 1. The molecule has 1 N–H and O–H groups in total. The van der Waals surface area contributed by atoms with E-state index in [0.717, 1.165) is 22.8 Å². The van der Waals surface area contributed by atoms with E-state index in [2.05, 4.69) is 61.6 Å². The Morgan fingerprint density at radius 3 is 2.50 bits per heavy atom. The van der Waals surface area contributed by atoms with E-state index in [1.165, 1.54) is 11.3 Å². The molecule has 1 atom stereocenters. The largest absolute Gasteiger partial charge is 0.497 e. The molecule has 2 aliphatic heterocycles. The summed E-state index contributed by atoms with van der Waals surface area (Å²) in [6, 6.07) is 14.2. The highest BCUT2D eigenvalue weighted by Gasteiger charge is 2.58. The molecule has 4 rings (SSSR count). The molecule has 2 aliphatic rings. The maximum absolute atomic E-state index is 6.23. The molecule has 0 saturated heterocycles. The summed E-state index contributed by atoms with van der Waals surface area (Å²) in [5.74, 6) is 1.49. The van der Waals surface area contributed by atoms with Gasteiger partial charge in [-0.1, -0.05) is 32.0 Å². The molecule has 0 bridgehead atoms. The van der Waals surface area contributed by atoms with Gasteiger partial charge in [0.25, 0.3) is 0 Å². The maximum Gasteiger partial charge on any atom is 0.197 e. The van der Waals surface area contributed by atoms with Crippen molar-refractivity contribution < 1.29 is 14.3 Å². The highest BCUT2D eigenvalue weighted by molar-refractivity contribution is 5.76. The van der Waals surface area contributed by atoms with Gasteiger partial charge in [-0.2, -0.15) is 0 Å². The molecule has 2 aromatic carbocycles. The van der Waals surface area contributed by atoms with Crippen LogP contribution in [0.2, 0.25) is 0 Å². The van der Waals surface area contributed by atoms with Gasteiger partial charge in [0.1, 0.15) is 11.5 Å². The van der Waals surface area contributed by atoms with E-state index in [9.17, 15) is 0 Å². The summed E-state index contributed by atoms with van der Waals surface area (Å²) in [7, 11) is 5.37. The van der Waals surface area contributed by atoms with E-state index < -0.39 is 5.72 Å². The first-order valence-corrected chi connectivity index (χ1v) is 8.67. The lowest BCUT2D eigenvalue weighted by Crippen LogP contribution is -2.54. The van der Waals surface area contributed by atoms with Gasteiger partial charge in [0.05, 0.1) is 19.9 Å². The fourth-order valence-corrected chi connectivity index (χ4v) is 4.10. The topological polar surface area (TPSA) is 43.0 Å². The molecule has 2 aromatic rings. The van der Waals surface area contributed by atoms with Crippen molar-refractivity contribution in [1.29, 1.82) is 0 Å². The molecule has 5 nitrogen and oxygen atoms in total. The minimum Gasteiger partial charge on any atom is -0.497 e. The number of para-hydroxylation sites is 1. The molecular weight excluding hydrogens is 328 g/mol. The minimum atomic E-state index is -0.614. The number of nitrogens with one attached hydrogen (secondary N) is 1. The van der Waals surface area contributed by atoms with Crippen LogP contribution in [0.15, 0.2) is 48.5 Å². The molecule has 0 aliphatic carbocycles. The number of methoxy groups -OCH3 is 2. The zero-order chi connectivity index (χ0) is 18.5. The van der Waals surface area contributed by atoms with E-state index in [4.69, 9.17) is 14.3 Å². The molecule has 5 heteroatoms. The van der Waals surface area contributed by atoms with Crippen LogP contribution in [0.1, 0.15) is 25.0 Å². The number of anilines is 1. The van der Waals surface area contributed by atoms with Crippen molar-refractivity contribution in [3.63, 3.8) is 0 Å². The Morgan fingerprint density at radius 1 is 1.04 bits per heavy atom. The maximum atomic E-state index is 6.23. The van der Waals surface area contributed by atoms with Gasteiger partial charge >= 0.3 is 0 Å². The van der Waals surface area contributed by atoms with Gasteiger partial charge in [-0.3, -0.25) is 5.48 Å². The van der Waals surface area contributed by atoms with E-state index in [-0.39, 0.29) is 5.41 Å². The second-order valence-electron chi connectivity index (χ2n) is 7.23. The summed E-state index contributed by atoms with van der Waals surface area (Å²) < 4.78 is 10.9. The van der Waals surface area contributed by atoms with Crippen LogP contribution in [0.4, 0.5) is 5.69 Å². The van der Waals surface area contributed by atoms with Crippen molar-refractivity contribution in [3.8, 4) is 11.5 Å². The normalized spacial score (nSPS) is 22.8. The Hall–Kier alpha value is -2.66. The Bertz CT molecular complexity index is 891. The first kappa shape index (κ1) is 16.8. The van der Waals surface area contributed by atoms with Crippen molar-refractivity contribution in [2.24, 2.45) is 0 Å². The number of benzene rings is 2. The van der Waals surface area contributed by atoms with Crippen LogP contribution in [-0.4, -0.2) is 27.0 Å². The van der Waals surface area contributed by atoms with Crippen LogP contribution in [0.25, 0.3) is 5.70 Å². The smallest absolute Gasteiger partial charge is 0.197 e. The van der Waals surface area contributed by atoms with Crippen molar-refractivity contribution in [2.45, 2.75) is 25.0 Å². The Kier molecular flexibility index (Phi) is 3.66. The van der Waals surface area contributed by atoms with E-state index in [1.54, 1.807) is 14.2 Å². The van der Waals surface area contributed by atoms with Gasteiger partial charge in [-0.05, 0) is 29.8 Å². The van der Waals surface area contributed by atoms with Crippen LogP contribution in [0.5, 0.6) is 11.5 Å². The van der Waals surface area contributed by atoms with Gasteiger partial charge in [0.2, 0.25) is 0 Å². The van der Waals surface area contributed by atoms with E-state index >= 15 is 0 Å². The van der Waals surface area contributed by atoms with Crippen LogP contribution in [0.3, 0.4) is 0 Å². The van der Waals surface area contributed by atoms with E-state index in [1.807, 2.05) is 18.2 Å². The first-order valence-electron chi connectivity index (χ1n) is 8.67. The van der Waals surface area contributed by atoms with Crippen LogP contribution >= 0.6 is 0 Å². The quantitative estimate of drug-likeness (QED) is 0.912. The van der Waals surface area contributed by atoms with Crippen LogP contribution in [0, 0.1) is 0 Å². The number of ether oxygens (including phenoxy) is 2. The fourth-order valence-electron chi connectivity index (χ4n) is 4.10. The second-order valence-corrected chi connectivity index (χ2v) is 7.23. The molecule has 0 unspecified atom stereocenters. The number of rotatable bonds is 3. The number of hydroxylamine groups is 1. The lowest BCUT2D eigenvalue weighted by atomic mass is 9.77. The summed E-state index contributed by atoms with van der Waals surface area (Å²) in [5.41, 5.74) is 6.56. The monoisotopic (exact) mass is 352 g/mol. The van der Waals surface area contributed by atoms with Crippen molar-refractivity contribution >= 4 is 11.4 Å². The molecule has 0 aromatic heterocycles. The minimum absolute atomic E-state index is 0.229. The summed E-state index contributed by atoms with van der Waals surface area (Å²) in [5, 5.41) is 0. The van der Waals surface area contributed by atoms with Gasteiger partial charge in [0, 0.05) is 29.8 Å². The molecule has 0 fully saturated rings. The average Bonchev–Trinajstić information content (AvgIpc) is 3.19. The number of likely N-dealkylation sites (N-methyl/N-ethyl adjacent to an activating group) is 1. The third-order valence-electron chi connectivity index (χ3n) is 5.69. The molecule has 2 heterocycles. The third kappa shape index (κ3) is 2.07. The summed E-state index contributed by atoms with van der Waals surface area (Å²) >= 11 is 0. The van der Waals surface area contributed by atoms with E-state index in [0.29, 0.717) is 0 Å². The van der Waals surface area contributed by atoms with Crippen molar-refractivity contribution in [3.05, 3.63) is 59.7 Å². The molecule has 136 valence electrons. The van der Waals surface area contributed by atoms with Gasteiger partial charge in [-0.15, -0.1) is 0 Å². The lowest BCUT2D eigenvalue weighted by molar-refractivity contribution is -0.0679. The Morgan fingerprint density at radius 2 is 1.81 bits per heavy atom. The highest BCUT2D eigenvalue weighted by atomic mass is 16.7. The molecule has 0 amide bonds. The predicted octanol–water partition coefficient (Wildman–Crippen LogP) is 3.70. The van der Waals surface area contributed by atoms with Crippen LogP contribution in [-0.2, 0) is 10.3 Å². The zero-order valence-electron chi connectivity index (χ0n) is 15.8. The lowest BCUT2D eigenvalue weighted by Gasteiger charge is -2.39. The Labute approximate surface area is 154 Å². The third-order valence-corrected chi connectivity index (χ3v) is 5.69. The number of hydrogen-bond acceptors (Lipinski definition) is 5. The van der Waals surface area contributed by atoms with Gasteiger partial charge in [-0.25, -0.2) is 4.84 Å². The fraction of sp³-hybridized carbons (Fsp3) is 0.333. The highest BCUT2D eigenvalue weighted by Crippen LogP contribution is 2.54. The molecule has 26 heavy (non-hydrogen) atoms. The second kappa shape index (κ2) is 5.68. The van der Waals surface area contributed by atoms with Crippen molar-refractivity contribution in [1.82, 2.24) is 5.48 Å². The summed E-state index contributed by atoms with van der Waals surface area (Å²) in [6.07, 6.45) is 2.15. The molecule has 0 saturated carbocycles. The Balaban J connectivity index is 1.82. The standard InChI is InChI=1S/C21H24N2O3/c1-20(2)16-8-6-7-9-18(16)23(3)21(20)13-17(22-26-21)15-11-10-14(24-4)12-19(15)25-5/h6-13,22H,1-5H3/t21-/m0/s1. The molecular formula is C21H24N2O3.